The van der Waals surface area contributed by atoms with Crippen LogP contribution in [0.15, 0.2) is 42.5 Å². The molecule has 0 radical (unpaired) electrons. The van der Waals surface area contributed by atoms with Crippen molar-refractivity contribution in [3.05, 3.63) is 53.6 Å². The number of thiocarbonyl (C=S) groups is 1. The molecule has 1 aliphatic rings. The molecule has 0 saturated heterocycles. The van der Waals surface area contributed by atoms with Crippen LogP contribution in [0.25, 0.3) is 0 Å². The van der Waals surface area contributed by atoms with Crippen LogP contribution in [0, 0.1) is 0 Å². The Morgan fingerprint density at radius 1 is 1.12 bits per heavy atom. The molecule has 0 aliphatic carbocycles. The number of hydrogen-bond donors (Lipinski definition) is 3. The van der Waals surface area contributed by atoms with E-state index in [1.807, 2.05) is 49.3 Å². The maximum absolute atomic E-state index is 12.2. The average molecular weight is 372 g/mol. The van der Waals surface area contributed by atoms with Crippen LogP contribution in [0.2, 0.25) is 0 Å². The molecule has 2 aromatic carbocycles. The largest absolute Gasteiger partial charge is 0.454 e. The minimum atomic E-state index is -0.263. The molecule has 0 spiro atoms. The number of amides is 1. The van der Waals surface area contributed by atoms with Crippen LogP contribution in [-0.4, -0.2) is 31.9 Å². The Hall–Kier alpha value is -3.00. The summed E-state index contributed by atoms with van der Waals surface area (Å²) in [6.07, 6.45) is 0. The van der Waals surface area contributed by atoms with Crippen LogP contribution in [0.3, 0.4) is 0 Å². The van der Waals surface area contributed by atoms with Gasteiger partial charge in [-0.2, -0.15) is 0 Å². The highest BCUT2D eigenvalue weighted by atomic mass is 32.1. The van der Waals surface area contributed by atoms with E-state index in [0.29, 0.717) is 17.2 Å². The van der Waals surface area contributed by atoms with Gasteiger partial charge in [0.25, 0.3) is 5.91 Å². The molecule has 2 aromatic rings. The molecule has 0 bridgehead atoms. The lowest BCUT2D eigenvalue weighted by molar-refractivity contribution is 0.0943. The van der Waals surface area contributed by atoms with E-state index in [0.717, 1.165) is 22.7 Å². The summed E-state index contributed by atoms with van der Waals surface area (Å²) in [4.78, 5) is 14.1. The van der Waals surface area contributed by atoms with Crippen LogP contribution in [-0.2, 0) is 6.54 Å². The van der Waals surface area contributed by atoms with E-state index in [1.165, 1.54) is 0 Å². The summed E-state index contributed by atoms with van der Waals surface area (Å²) in [5.41, 5.74) is 7.77. The molecular weight excluding hydrogens is 352 g/mol. The van der Waals surface area contributed by atoms with Crippen LogP contribution in [0.5, 0.6) is 11.5 Å². The number of nitrogens with one attached hydrogen (secondary N) is 3. The predicted octanol–water partition coefficient (Wildman–Crippen LogP) is 1.79. The molecule has 0 aromatic heterocycles. The summed E-state index contributed by atoms with van der Waals surface area (Å²) in [6, 6.07) is 13.0. The minimum absolute atomic E-state index is 0.243. The number of benzene rings is 2. The molecule has 1 aliphatic heterocycles. The molecule has 3 rings (SSSR count). The molecule has 26 heavy (non-hydrogen) atoms. The Balaban J connectivity index is 1.48. The van der Waals surface area contributed by atoms with E-state index in [4.69, 9.17) is 21.7 Å². The molecule has 0 atom stereocenters. The Kier molecular flexibility index (Phi) is 5.43. The molecule has 7 nitrogen and oxygen atoms in total. The van der Waals surface area contributed by atoms with Gasteiger partial charge in [0.05, 0.1) is 0 Å². The fraction of sp³-hybridized carbons (Fsp3) is 0.222. The standard InChI is InChI=1S/C18H20N4O3S/c1-22(2)14-5-3-4-13(9-14)17(23)20-21-18(26)19-10-12-6-7-15-16(8-12)25-11-24-15/h3-9H,10-11H2,1-2H3,(H,20,23)(H2,19,21,26). The first-order chi connectivity index (χ1) is 12.5. The third kappa shape index (κ3) is 4.34. The zero-order valence-electron chi connectivity index (χ0n) is 14.5. The fourth-order valence-electron chi connectivity index (χ4n) is 2.39. The average Bonchev–Trinajstić information content (AvgIpc) is 3.12. The van der Waals surface area contributed by atoms with E-state index in [9.17, 15) is 4.79 Å². The highest BCUT2D eigenvalue weighted by Gasteiger charge is 2.13. The minimum Gasteiger partial charge on any atom is -0.454 e. The van der Waals surface area contributed by atoms with Gasteiger partial charge in [-0.15, -0.1) is 0 Å². The van der Waals surface area contributed by atoms with Crippen molar-refractivity contribution in [1.29, 1.82) is 0 Å². The predicted molar refractivity (Wildman–Crippen MR) is 103 cm³/mol. The quantitative estimate of drug-likeness (QED) is 0.558. The molecule has 1 amide bonds. The number of carbonyl (C=O) groups excluding carboxylic acids is 1. The third-order valence-corrected chi connectivity index (χ3v) is 4.05. The highest BCUT2D eigenvalue weighted by molar-refractivity contribution is 7.80. The lowest BCUT2D eigenvalue weighted by Crippen LogP contribution is -2.46. The number of fused-ring (bicyclic) bond motifs is 1. The van der Waals surface area contributed by atoms with Crippen LogP contribution in [0.1, 0.15) is 15.9 Å². The van der Waals surface area contributed by atoms with Gasteiger partial charge in [0, 0.05) is 31.9 Å². The van der Waals surface area contributed by atoms with Crippen molar-refractivity contribution in [3.8, 4) is 11.5 Å². The SMILES string of the molecule is CN(C)c1cccc(C(=O)NNC(=S)NCc2ccc3c(c2)OCO3)c1. The van der Waals surface area contributed by atoms with Gasteiger partial charge in [-0.1, -0.05) is 12.1 Å². The first-order valence-corrected chi connectivity index (χ1v) is 8.44. The lowest BCUT2D eigenvalue weighted by atomic mass is 10.2. The number of hydrazine groups is 1. The second-order valence-corrected chi connectivity index (χ2v) is 6.30. The Morgan fingerprint density at radius 2 is 1.92 bits per heavy atom. The summed E-state index contributed by atoms with van der Waals surface area (Å²) in [7, 11) is 3.84. The van der Waals surface area contributed by atoms with Crippen molar-refractivity contribution in [2.75, 3.05) is 25.8 Å². The Morgan fingerprint density at radius 3 is 2.73 bits per heavy atom. The van der Waals surface area contributed by atoms with Crippen molar-refractivity contribution < 1.29 is 14.3 Å². The van der Waals surface area contributed by atoms with Gasteiger partial charge in [0.15, 0.2) is 16.6 Å². The second kappa shape index (κ2) is 7.92. The molecule has 3 N–H and O–H groups in total. The Labute approximate surface area is 157 Å². The van der Waals surface area contributed by atoms with E-state index in [2.05, 4.69) is 16.2 Å². The number of hydrogen-bond acceptors (Lipinski definition) is 5. The number of rotatable bonds is 4. The summed E-state index contributed by atoms with van der Waals surface area (Å²) >= 11 is 5.19. The molecule has 1 heterocycles. The number of carbonyl (C=O) groups is 1. The van der Waals surface area contributed by atoms with Gasteiger partial charge in [-0.05, 0) is 48.1 Å². The summed E-state index contributed by atoms with van der Waals surface area (Å²) in [5, 5.41) is 3.35. The summed E-state index contributed by atoms with van der Waals surface area (Å²) < 4.78 is 10.6. The smallest absolute Gasteiger partial charge is 0.269 e. The summed E-state index contributed by atoms with van der Waals surface area (Å²) in [6.45, 7) is 0.738. The van der Waals surface area contributed by atoms with Crippen molar-refractivity contribution in [2.45, 2.75) is 6.54 Å². The molecular formula is C18H20N4O3S. The second-order valence-electron chi connectivity index (χ2n) is 5.89. The van der Waals surface area contributed by atoms with Gasteiger partial charge in [-0.25, -0.2) is 0 Å². The third-order valence-electron chi connectivity index (χ3n) is 3.80. The van der Waals surface area contributed by atoms with Crippen molar-refractivity contribution in [3.63, 3.8) is 0 Å². The first-order valence-electron chi connectivity index (χ1n) is 8.03. The lowest BCUT2D eigenvalue weighted by Gasteiger charge is -2.14. The zero-order chi connectivity index (χ0) is 18.5. The fourth-order valence-corrected chi connectivity index (χ4v) is 2.51. The maximum atomic E-state index is 12.2. The maximum Gasteiger partial charge on any atom is 0.269 e. The van der Waals surface area contributed by atoms with Gasteiger partial charge in [0.2, 0.25) is 6.79 Å². The highest BCUT2D eigenvalue weighted by Crippen LogP contribution is 2.32. The van der Waals surface area contributed by atoms with Crippen LogP contribution in [0.4, 0.5) is 5.69 Å². The molecule has 0 fully saturated rings. The van der Waals surface area contributed by atoms with E-state index < -0.39 is 0 Å². The van der Waals surface area contributed by atoms with E-state index in [-0.39, 0.29) is 12.7 Å². The van der Waals surface area contributed by atoms with Crippen molar-refractivity contribution in [2.24, 2.45) is 0 Å². The van der Waals surface area contributed by atoms with E-state index >= 15 is 0 Å². The van der Waals surface area contributed by atoms with Gasteiger partial charge in [-0.3, -0.25) is 15.6 Å². The van der Waals surface area contributed by atoms with Crippen molar-refractivity contribution >= 4 is 28.9 Å². The van der Waals surface area contributed by atoms with Crippen molar-refractivity contribution in [1.82, 2.24) is 16.2 Å². The molecule has 0 saturated carbocycles. The molecule has 0 unspecified atom stereocenters. The topological polar surface area (TPSA) is 74.9 Å². The van der Waals surface area contributed by atoms with Gasteiger partial charge < -0.3 is 19.7 Å². The number of anilines is 1. The molecule has 136 valence electrons. The van der Waals surface area contributed by atoms with Gasteiger partial charge >= 0.3 is 0 Å². The normalized spacial score (nSPS) is 11.6. The van der Waals surface area contributed by atoms with E-state index in [1.54, 1.807) is 12.1 Å². The summed E-state index contributed by atoms with van der Waals surface area (Å²) in [5.74, 6) is 1.19. The Bertz CT molecular complexity index is 826. The van der Waals surface area contributed by atoms with Gasteiger partial charge in [0.1, 0.15) is 0 Å². The van der Waals surface area contributed by atoms with Crippen LogP contribution < -0.4 is 30.5 Å². The first kappa shape index (κ1) is 17.8. The number of nitrogens with zero attached hydrogens (tertiary/aromatic N) is 1. The monoisotopic (exact) mass is 372 g/mol. The molecule has 8 heteroatoms. The number of ether oxygens (including phenoxy) is 2. The van der Waals surface area contributed by atoms with Crippen LogP contribution >= 0.6 is 12.2 Å². The zero-order valence-corrected chi connectivity index (χ0v) is 15.4.